The molecule has 0 aliphatic heterocycles. The number of nitrogens with zero attached hydrogens (tertiary/aromatic N) is 4. The van der Waals surface area contributed by atoms with Crippen LogP contribution in [0.4, 0.5) is 4.39 Å². The van der Waals surface area contributed by atoms with Gasteiger partial charge in [0.1, 0.15) is 11.8 Å². The summed E-state index contributed by atoms with van der Waals surface area (Å²) in [4.78, 5) is 16.7. The van der Waals surface area contributed by atoms with Crippen LogP contribution in [0.1, 0.15) is 36.1 Å². The van der Waals surface area contributed by atoms with Crippen molar-refractivity contribution in [2.24, 2.45) is 14.1 Å². The van der Waals surface area contributed by atoms with Gasteiger partial charge in [-0.3, -0.25) is 9.13 Å². The van der Waals surface area contributed by atoms with Crippen molar-refractivity contribution in [2.75, 3.05) is 0 Å². The van der Waals surface area contributed by atoms with Gasteiger partial charge in [0.05, 0.1) is 16.7 Å². The quantitative estimate of drug-likeness (QED) is 0.474. The predicted molar refractivity (Wildman–Crippen MR) is 128 cm³/mol. The van der Waals surface area contributed by atoms with E-state index in [1.165, 1.54) is 0 Å². The van der Waals surface area contributed by atoms with Crippen LogP contribution in [0.2, 0.25) is 0 Å². The van der Waals surface area contributed by atoms with Crippen LogP contribution in [-0.4, -0.2) is 36.8 Å². The molecule has 0 amide bonds. The number of halogens is 1. The molecule has 0 radical (unpaired) electrons. The minimum absolute atomic E-state index is 0.0381. The largest absolute Gasteiger partial charge is 0.328 e. The lowest BCUT2D eigenvalue weighted by atomic mass is 9.89. The Labute approximate surface area is 192 Å². The van der Waals surface area contributed by atoms with Gasteiger partial charge in [-0.2, -0.15) is 0 Å². The molecule has 4 aromatic rings. The van der Waals surface area contributed by atoms with Gasteiger partial charge in [0, 0.05) is 57.2 Å². The second-order valence-corrected chi connectivity index (χ2v) is 9.26. The number of benzene rings is 1. The number of fused-ring (bicyclic) bond motifs is 2. The summed E-state index contributed by atoms with van der Waals surface area (Å²) in [6.07, 6.45) is 5.34. The van der Waals surface area contributed by atoms with Crippen LogP contribution in [0.25, 0.3) is 16.7 Å². The van der Waals surface area contributed by atoms with Crippen molar-refractivity contribution >= 4 is 16.7 Å². The third kappa shape index (κ3) is 4.20. The number of pyridine rings is 1. The van der Waals surface area contributed by atoms with Crippen molar-refractivity contribution in [2.45, 2.75) is 57.5 Å². The van der Waals surface area contributed by atoms with Gasteiger partial charge in [-0.05, 0) is 49.9 Å². The first-order chi connectivity index (χ1) is 15.9. The van der Waals surface area contributed by atoms with Crippen molar-refractivity contribution in [1.29, 1.82) is 0 Å². The van der Waals surface area contributed by atoms with E-state index in [1.54, 1.807) is 23.2 Å². The Morgan fingerprint density at radius 3 is 2.73 bits per heavy atom. The highest BCUT2D eigenvalue weighted by Crippen LogP contribution is 2.24. The Kier molecular flexibility index (Phi) is 5.80. The monoisotopic (exact) mass is 450 g/mol. The summed E-state index contributed by atoms with van der Waals surface area (Å²) >= 11 is 0. The zero-order valence-electron chi connectivity index (χ0n) is 19.4. The molecule has 1 fully saturated rings. The standard InChI is InChI=1S/C25H31FN6O/c1-16-15-32-10-4-5-18(24(32)29-16)14-27-19-7-8-21(20(26)12-19)28-13-17-6-9-22-23(11-17)31(3)25(33)30(22)2/h4-6,9-11,15,19-21,27-28H,7-8,12-14H2,1-3H3/t19-,20+,21-/m1/s1. The van der Waals surface area contributed by atoms with E-state index >= 15 is 0 Å². The highest BCUT2D eigenvalue weighted by molar-refractivity contribution is 5.76. The van der Waals surface area contributed by atoms with E-state index in [-0.39, 0.29) is 17.8 Å². The fourth-order valence-corrected chi connectivity index (χ4v) is 5.03. The minimum Gasteiger partial charge on any atom is -0.310 e. The third-order valence-corrected chi connectivity index (χ3v) is 6.94. The molecule has 1 aliphatic rings. The Morgan fingerprint density at radius 2 is 1.91 bits per heavy atom. The average Bonchev–Trinajstić information content (AvgIpc) is 3.29. The first-order valence-electron chi connectivity index (χ1n) is 11.6. The summed E-state index contributed by atoms with van der Waals surface area (Å²) in [6, 6.07) is 10.1. The molecule has 0 unspecified atom stereocenters. The number of nitrogens with one attached hydrogen (secondary N) is 2. The summed E-state index contributed by atoms with van der Waals surface area (Å²) in [6.45, 7) is 3.26. The van der Waals surface area contributed by atoms with E-state index in [2.05, 4.69) is 21.7 Å². The molecule has 2 N–H and O–H groups in total. The van der Waals surface area contributed by atoms with Gasteiger partial charge >= 0.3 is 5.69 Å². The Morgan fingerprint density at radius 1 is 1.09 bits per heavy atom. The number of imidazole rings is 2. The molecule has 1 aromatic carbocycles. The first-order valence-corrected chi connectivity index (χ1v) is 11.6. The van der Waals surface area contributed by atoms with Crippen LogP contribution in [0.15, 0.2) is 47.5 Å². The van der Waals surface area contributed by atoms with Gasteiger partial charge in [0.15, 0.2) is 0 Å². The van der Waals surface area contributed by atoms with Crippen LogP contribution in [0, 0.1) is 6.92 Å². The molecule has 0 bridgehead atoms. The van der Waals surface area contributed by atoms with Crippen LogP contribution in [0.5, 0.6) is 0 Å². The van der Waals surface area contributed by atoms with Gasteiger partial charge in [0.2, 0.25) is 0 Å². The van der Waals surface area contributed by atoms with Crippen molar-refractivity contribution in [1.82, 2.24) is 29.2 Å². The van der Waals surface area contributed by atoms with Crippen LogP contribution in [0.3, 0.4) is 0 Å². The second-order valence-electron chi connectivity index (χ2n) is 9.26. The molecular weight excluding hydrogens is 419 g/mol. The Bertz CT molecular complexity index is 1350. The zero-order valence-corrected chi connectivity index (χ0v) is 19.4. The molecular formula is C25H31FN6O. The van der Waals surface area contributed by atoms with Crippen LogP contribution < -0.4 is 16.3 Å². The predicted octanol–water partition coefficient (Wildman–Crippen LogP) is 2.97. The highest BCUT2D eigenvalue weighted by atomic mass is 19.1. The maximum atomic E-state index is 15.0. The third-order valence-electron chi connectivity index (χ3n) is 6.94. The maximum Gasteiger partial charge on any atom is 0.328 e. The summed E-state index contributed by atoms with van der Waals surface area (Å²) in [5.74, 6) is 0. The minimum atomic E-state index is -0.898. The summed E-state index contributed by atoms with van der Waals surface area (Å²) in [5, 5.41) is 6.95. The second kappa shape index (κ2) is 8.76. The lowest BCUT2D eigenvalue weighted by Gasteiger charge is -2.33. The summed E-state index contributed by atoms with van der Waals surface area (Å²) < 4.78 is 20.3. The average molecular weight is 451 g/mol. The van der Waals surface area contributed by atoms with E-state index in [4.69, 9.17) is 0 Å². The molecule has 3 atom stereocenters. The van der Waals surface area contributed by atoms with Crippen molar-refractivity contribution in [3.05, 3.63) is 70.0 Å². The van der Waals surface area contributed by atoms with Crippen LogP contribution in [-0.2, 0) is 27.2 Å². The molecule has 0 saturated heterocycles. The van der Waals surface area contributed by atoms with E-state index in [0.29, 0.717) is 19.5 Å². The van der Waals surface area contributed by atoms with E-state index < -0.39 is 6.17 Å². The van der Waals surface area contributed by atoms with Crippen molar-refractivity contribution in [3.63, 3.8) is 0 Å². The fraction of sp³-hybridized carbons (Fsp3) is 0.440. The lowest BCUT2D eigenvalue weighted by Crippen LogP contribution is -2.46. The highest BCUT2D eigenvalue weighted by Gasteiger charge is 2.30. The lowest BCUT2D eigenvalue weighted by molar-refractivity contribution is 0.160. The normalized spacial score (nSPS) is 21.3. The topological polar surface area (TPSA) is 68.3 Å². The zero-order chi connectivity index (χ0) is 23.1. The molecule has 1 saturated carbocycles. The first kappa shape index (κ1) is 21.9. The summed E-state index contributed by atoms with van der Waals surface area (Å²) in [5.41, 5.74) is 5.90. The van der Waals surface area contributed by atoms with Crippen molar-refractivity contribution in [3.8, 4) is 0 Å². The molecule has 7 nitrogen and oxygen atoms in total. The van der Waals surface area contributed by atoms with Crippen molar-refractivity contribution < 1.29 is 4.39 Å². The van der Waals surface area contributed by atoms with Crippen LogP contribution >= 0.6 is 0 Å². The molecule has 3 heterocycles. The molecule has 33 heavy (non-hydrogen) atoms. The van der Waals surface area contributed by atoms with E-state index in [9.17, 15) is 9.18 Å². The number of aromatic nitrogens is 4. The number of hydrogen-bond donors (Lipinski definition) is 2. The number of aryl methyl sites for hydroxylation is 3. The molecule has 8 heteroatoms. The van der Waals surface area contributed by atoms with Gasteiger partial charge in [0.25, 0.3) is 0 Å². The smallest absolute Gasteiger partial charge is 0.310 e. The van der Waals surface area contributed by atoms with Gasteiger partial charge in [-0.1, -0.05) is 12.1 Å². The number of hydrogen-bond acceptors (Lipinski definition) is 4. The SMILES string of the molecule is Cc1cn2cccc(CN[C@@H]3CC[C@@H](NCc4ccc5c(c4)n(C)c(=O)n5C)[C@@H](F)C3)c2n1. The number of alkyl halides is 1. The number of rotatable bonds is 6. The van der Waals surface area contributed by atoms with Gasteiger partial charge in [-0.25, -0.2) is 14.2 Å². The van der Waals surface area contributed by atoms with Gasteiger partial charge in [-0.15, -0.1) is 0 Å². The van der Waals surface area contributed by atoms with Gasteiger partial charge < -0.3 is 15.0 Å². The molecule has 0 spiro atoms. The Balaban J connectivity index is 1.17. The maximum absolute atomic E-state index is 15.0. The molecule has 5 rings (SSSR count). The Hall–Kier alpha value is -2.97. The summed E-state index contributed by atoms with van der Waals surface area (Å²) in [7, 11) is 3.56. The van der Waals surface area contributed by atoms with E-state index in [0.717, 1.165) is 46.3 Å². The molecule has 1 aliphatic carbocycles. The molecule has 174 valence electrons. The molecule has 3 aromatic heterocycles. The van der Waals surface area contributed by atoms with E-state index in [1.807, 2.05) is 48.0 Å². The fourth-order valence-electron chi connectivity index (χ4n) is 5.03.